The number of pyridine rings is 1. The Kier molecular flexibility index (Phi) is 4.46. The topological polar surface area (TPSA) is 64.0 Å². The highest BCUT2D eigenvalue weighted by atomic mass is 35.5. The first-order valence-corrected chi connectivity index (χ1v) is 6.13. The molecule has 0 bridgehead atoms. The van der Waals surface area contributed by atoms with E-state index >= 15 is 0 Å². The number of methoxy groups -OCH3 is 1. The van der Waals surface area contributed by atoms with Crippen molar-refractivity contribution < 1.29 is 4.74 Å². The maximum atomic E-state index is 5.81. The van der Waals surface area contributed by atoms with Gasteiger partial charge in [0.25, 0.3) is 0 Å². The number of halogens is 1. The van der Waals surface area contributed by atoms with E-state index in [0.717, 1.165) is 18.7 Å². The molecule has 6 nitrogen and oxygen atoms in total. The van der Waals surface area contributed by atoms with Crippen LogP contribution in [0.15, 0.2) is 24.4 Å². The summed E-state index contributed by atoms with van der Waals surface area (Å²) in [7, 11) is 3.37. The molecule has 0 saturated heterocycles. The molecule has 0 atom stereocenters. The zero-order valence-electron chi connectivity index (χ0n) is 10.7. The van der Waals surface area contributed by atoms with Crippen LogP contribution in [-0.2, 0) is 6.42 Å². The summed E-state index contributed by atoms with van der Waals surface area (Å²) in [5.41, 5.74) is 1.02. The molecular weight excluding hydrogens is 266 g/mol. The number of aromatic nitrogens is 4. The number of hydrogen-bond donors (Lipinski definition) is 0. The monoisotopic (exact) mass is 279 g/mol. The highest BCUT2D eigenvalue weighted by molar-refractivity contribution is 6.28. The number of ether oxygens (including phenoxy) is 1. The Morgan fingerprint density at radius 1 is 1.26 bits per heavy atom. The first kappa shape index (κ1) is 13.5. The average Bonchev–Trinajstić information content (AvgIpc) is 2.45. The van der Waals surface area contributed by atoms with E-state index in [-0.39, 0.29) is 11.3 Å². The molecule has 0 radical (unpaired) electrons. The lowest BCUT2D eigenvalue weighted by Crippen LogP contribution is -2.23. The van der Waals surface area contributed by atoms with Crippen LogP contribution in [0.2, 0.25) is 5.28 Å². The number of rotatable bonds is 5. The van der Waals surface area contributed by atoms with Crippen LogP contribution in [0.5, 0.6) is 6.01 Å². The van der Waals surface area contributed by atoms with Gasteiger partial charge in [0.2, 0.25) is 11.2 Å². The number of hydrogen-bond acceptors (Lipinski definition) is 6. The second-order valence-corrected chi connectivity index (χ2v) is 4.22. The summed E-state index contributed by atoms with van der Waals surface area (Å²) in [5.74, 6) is 0.479. The molecule has 0 aliphatic heterocycles. The molecule has 0 N–H and O–H groups in total. The average molecular weight is 280 g/mol. The highest BCUT2D eigenvalue weighted by Gasteiger charge is 2.09. The lowest BCUT2D eigenvalue weighted by Gasteiger charge is -2.16. The Morgan fingerprint density at radius 2 is 2.11 bits per heavy atom. The summed E-state index contributed by atoms with van der Waals surface area (Å²) in [6.45, 7) is 0.723. The molecule has 0 saturated carbocycles. The third-order valence-corrected chi connectivity index (χ3v) is 2.70. The Hall–Kier alpha value is -1.95. The normalized spacial score (nSPS) is 10.3. The van der Waals surface area contributed by atoms with Crippen LogP contribution in [0, 0.1) is 0 Å². The van der Waals surface area contributed by atoms with E-state index < -0.39 is 0 Å². The van der Waals surface area contributed by atoms with Gasteiger partial charge >= 0.3 is 6.01 Å². The van der Waals surface area contributed by atoms with Crippen LogP contribution in [0.4, 0.5) is 5.95 Å². The summed E-state index contributed by atoms with van der Waals surface area (Å²) >= 11 is 5.81. The first-order chi connectivity index (χ1) is 9.19. The minimum atomic E-state index is 0.117. The van der Waals surface area contributed by atoms with Crippen LogP contribution >= 0.6 is 11.6 Å². The molecule has 0 unspecified atom stereocenters. The zero-order chi connectivity index (χ0) is 13.7. The molecule has 0 aliphatic carbocycles. The summed E-state index contributed by atoms with van der Waals surface area (Å²) in [4.78, 5) is 18.2. The van der Waals surface area contributed by atoms with Gasteiger partial charge in [-0.05, 0) is 23.7 Å². The Bertz CT molecular complexity index is 537. The van der Waals surface area contributed by atoms with Crippen molar-refractivity contribution in [1.82, 2.24) is 19.9 Å². The molecule has 19 heavy (non-hydrogen) atoms. The van der Waals surface area contributed by atoms with Crippen molar-refractivity contribution in [3.8, 4) is 6.01 Å². The van der Waals surface area contributed by atoms with Gasteiger partial charge in [-0.25, -0.2) is 0 Å². The predicted molar refractivity (Wildman–Crippen MR) is 72.6 cm³/mol. The van der Waals surface area contributed by atoms with Crippen molar-refractivity contribution in [2.75, 3.05) is 25.6 Å². The first-order valence-electron chi connectivity index (χ1n) is 5.75. The predicted octanol–water partition coefficient (Wildman–Crippen LogP) is 1.61. The molecule has 2 aromatic rings. The van der Waals surface area contributed by atoms with Crippen molar-refractivity contribution in [3.05, 3.63) is 35.4 Å². The molecule has 2 aromatic heterocycles. The lowest BCUT2D eigenvalue weighted by molar-refractivity contribution is 0.378. The van der Waals surface area contributed by atoms with Gasteiger partial charge in [-0.1, -0.05) is 6.07 Å². The number of nitrogens with zero attached hydrogens (tertiary/aromatic N) is 5. The molecule has 0 fully saturated rings. The fourth-order valence-electron chi connectivity index (χ4n) is 1.51. The molecular formula is C12H14ClN5O. The van der Waals surface area contributed by atoms with Gasteiger partial charge in [-0.2, -0.15) is 15.0 Å². The molecule has 0 aromatic carbocycles. The van der Waals surface area contributed by atoms with Crippen LogP contribution < -0.4 is 9.64 Å². The Morgan fingerprint density at radius 3 is 2.79 bits per heavy atom. The second-order valence-electron chi connectivity index (χ2n) is 3.88. The third-order valence-electron chi connectivity index (χ3n) is 2.53. The maximum absolute atomic E-state index is 5.81. The lowest BCUT2D eigenvalue weighted by atomic mass is 10.2. The van der Waals surface area contributed by atoms with Gasteiger partial charge in [0, 0.05) is 31.9 Å². The maximum Gasteiger partial charge on any atom is 0.322 e. The van der Waals surface area contributed by atoms with Crippen molar-refractivity contribution in [2.45, 2.75) is 6.42 Å². The fourth-order valence-corrected chi connectivity index (χ4v) is 1.66. The number of likely N-dealkylation sites (N-methyl/N-ethyl adjacent to an activating group) is 1. The van der Waals surface area contributed by atoms with Crippen molar-refractivity contribution in [3.63, 3.8) is 0 Å². The van der Waals surface area contributed by atoms with Gasteiger partial charge < -0.3 is 9.64 Å². The van der Waals surface area contributed by atoms with Gasteiger partial charge in [0.15, 0.2) is 0 Å². The van der Waals surface area contributed by atoms with E-state index in [1.165, 1.54) is 7.11 Å². The van der Waals surface area contributed by atoms with Gasteiger partial charge in [0.1, 0.15) is 0 Å². The second kappa shape index (κ2) is 6.29. The summed E-state index contributed by atoms with van der Waals surface area (Å²) in [6.07, 6.45) is 2.57. The molecule has 2 rings (SSSR count). The minimum Gasteiger partial charge on any atom is -0.467 e. The summed E-state index contributed by atoms with van der Waals surface area (Å²) < 4.78 is 4.96. The Balaban J connectivity index is 2.03. The molecule has 2 heterocycles. The van der Waals surface area contributed by atoms with E-state index in [2.05, 4.69) is 19.9 Å². The van der Waals surface area contributed by atoms with E-state index in [4.69, 9.17) is 16.3 Å². The molecule has 7 heteroatoms. The smallest absolute Gasteiger partial charge is 0.322 e. The standard InChI is InChI=1S/C12H14ClN5O/c1-18(8-6-9-5-3-4-7-14-9)11-15-10(13)16-12(17-11)19-2/h3-5,7H,6,8H2,1-2H3. The molecule has 0 amide bonds. The van der Waals surface area contributed by atoms with Crippen molar-refractivity contribution in [2.24, 2.45) is 0 Å². The fraction of sp³-hybridized carbons (Fsp3) is 0.333. The third kappa shape index (κ3) is 3.75. The molecule has 0 aliphatic rings. The largest absolute Gasteiger partial charge is 0.467 e. The van der Waals surface area contributed by atoms with E-state index in [1.54, 1.807) is 6.20 Å². The van der Waals surface area contributed by atoms with Crippen LogP contribution in [-0.4, -0.2) is 40.6 Å². The highest BCUT2D eigenvalue weighted by Crippen LogP contribution is 2.13. The van der Waals surface area contributed by atoms with E-state index in [9.17, 15) is 0 Å². The van der Waals surface area contributed by atoms with Crippen LogP contribution in [0.1, 0.15) is 5.69 Å². The van der Waals surface area contributed by atoms with Crippen LogP contribution in [0.25, 0.3) is 0 Å². The van der Waals surface area contributed by atoms with E-state index in [0.29, 0.717) is 5.95 Å². The van der Waals surface area contributed by atoms with Gasteiger partial charge in [-0.3, -0.25) is 4.98 Å². The van der Waals surface area contributed by atoms with Crippen molar-refractivity contribution >= 4 is 17.5 Å². The molecule has 0 spiro atoms. The van der Waals surface area contributed by atoms with Gasteiger partial charge in [-0.15, -0.1) is 0 Å². The van der Waals surface area contributed by atoms with Crippen LogP contribution in [0.3, 0.4) is 0 Å². The zero-order valence-corrected chi connectivity index (χ0v) is 11.5. The number of anilines is 1. The summed E-state index contributed by atoms with van der Waals surface area (Å²) in [5, 5.41) is 0.117. The summed E-state index contributed by atoms with van der Waals surface area (Å²) in [6, 6.07) is 6.05. The quantitative estimate of drug-likeness (QED) is 0.828. The Labute approximate surface area is 116 Å². The molecule has 100 valence electrons. The minimum absolute atomic E-state index is 0.117. The van der Waals surface area contributed by atoms with Gasteiger partial charge in [0.05, 0.1) is 7.11 Å². The van der Waals surface area contributed by atoms with Crippen molar-refractivity contribution in [1.29, 1.82) is 0 Å². The van der Waals surface area contributed by atoms with E-state index in [1.807, 2.05) is 30.1 Å². The SMILES string of the molecule is COc1nc(Cl)nc(N(C)CCc2ccccn2)n1.